The van der Waals surface area contributed by atoms with Crippen LogP contribution in [0.1, 0.15) is 53.4 Å². The molecular formula is C12H26O2. The van der Waals surface area contributed by atoms with E-state index in [1.54, 1.807) is 0 Å². The summed E-state index contributed by atoms with van der Waals surface area (Å²) in [5.74, 6) is 0.677. The molecule has 14 heavy (non-hydrogen) atoms. The lowest BCUT2D eigenvalue weighted by atomic mass is 10.1. The topological polar surface area (TPSA) is 29.5 Å². The van der Waals surface area contributed by atoms with Gasteiger partial charge in [0.1, 0.15) is 0 Å². The Balaban J connectivity index is 3.62. The van der Waals surface area contributed by atoms with E-state index in [1.165, 1.54) is 0 Å². The van der Waals surface area contributed by atoms with Crippen LogP contribution in [0.4, 0.5) is 0 Å². The number of rotatable bonds is 8. The van der Waals surface area contributed by atoms with E-state index in [9.17, 15) is 5.11 Å². The van der Waals surface area contributed by atoms with Gasteiger partial charge in [0.15, 0.2) is 0 Å². The van der Waals surface area contributed by atoms with E-state index < -0.39 is 0 Å². The molecule has 0 rings (SSSR count). The lowest BCUT2D eigenvalue weighted by Crippen LogP contribution is -2.27. The van der Waals surface area contributed by atoms with Crippen molar-refractivity contribution in [1.82, 2.24) is 0 Å². The van der Waals surface area contributed by atoms with Gasteiger partial charge < -0.3 is 9.84 Å². The van der Waals surface area contributed by atoms with Crippen LogP contribution >= 0.6 is 0 Å². The Morgan fingerprint density at radius 1 is 1.14 bits per heavy atom. The van der Waals surface area contributed by atoms with E-state index in [-0.39, 0.29) is 12.2 Å². The van der Waals surface area contributed by atoms with Gasteiger partial charge in [-0.05, 0) is 25.7 Å². The number of aliphatic hydroxyl groups is 1. The molecule has 0 bridgehead atoms. The third-order valence-electron chi connectivity index (χ3n) is 2.41. The van der Waals surface area contributed by atoms with Gasteiger partial charge >= 0.3 is 0 Å². The van der Waals surface area contributed by atoms with E-state index >= 15 is 0 Å². The Kier molecular flexibility index (Phi) is 8.20. The van der Waals surface area contributed by atoms with Crippen LogP contribution < -0.4 is 0 Å². The predicted octanol–water partition coefficient (Wildman–Crippen LogP) is 2.99. The average Bonchev–Trinajstić information content (AvgIpc) is 2.09. The standard InChI is InChI=1S/C12H26O2/c1-5-6-7-12(11(4)13)14-9-8-10(2)3/h10-13H,5-9H2,1-4H3. The normalized spacial score (nSPS) is 15.9. The SMILES string of the molecule is CCCCC(OCCC(C)C)C(C)O. The maximum absolute atomic E-state index is 9.48. The maximum Gasteiger partial charge on any atom is 0.0831 e. The van der Waals surface area contributed by atoms with Gasteiger partial charge in [0.25, 0.3) is 0 Å². The molecule has 2 atom stereocenters. The van der Waals surface area contributed by atoms with Gasteiger partial charge in [-0.2, -0.15) is 0 Å². The highest BCUT2D eigenvalue weighted by atomic mass is 16.5. The van der Waals surface area contributed by atoms with Crippen LogP contribution in [-0.2, 0) is 4.74 Å². The van der Waals surface area contributed by atoms with E-state index in [0.29, 0.717) is 5.92 Å². The van der Waals surface area contributed by atoms with Crippen LogP contribution in [0, 0.1) is 5.92 Å². The van der Waals surface area contributed by atoms with Crippen molar-refractivity contribution >= 4 is 0 Å². The first-order valence-electron chi connectivity index (χ1n) is 5.87. The molecule has 86 valence electrons. The van der Waals surface area contributed by atoms with Crippen molar-refractivity contribution in [3.05, 3.63) is 0 Å². The van der Waals surface area contributed by atoms with Crippen LogP contribution in [0.15, 0.2) is 0 Å². The highest BCUT2D eigenvalue weighted by Crippen LogP contribution is 2.11. The van der Waals surface area contributed by atoms with Gasteiger partial charge in [0, 0.05) is 6.61 Å². The Bertz CT molecular complexity index is 121. The molecule has 0 aromatic rings. The molecule has 0 heterocycles. The van der Waals surface area contributed by atoms with Gasteiger partial charge in [-0.1, -0.05) is 33.6 Å². The molecule has 1 N–H and O–H groups in total. The molecule has 0 spiro atoms. The molecule has 0 fully saturated rings. The molecule has 2 unspecified atom stereocenters. The van der Waals surface area contributed by atoms with Crippen LogP contribution in [0.2, 0.25) is 0 Å². The number of hydrogen-bond acceptors (Lipinski definition) is 2. The van der Waals surface area contributed by atoms with Gasteiger partial charge in [0.05, 0.1) is 12.2 Å². The fraction of sp³-hybridized carbons (Fsp3) is 1.00. The lowest BCUT2D eigenvalue weighted by Gasteiger charge is -2.20. The molecule has 0 aromatic carbocycles. The van der Waals surface area contributed by atoms with E-state index in [4.69, 9.17) is 4.74 Å². The fourth-order valence-electron chi connectivity index (χ4n) is 1.32. The Hall–Kier alpha value is -0.0800. The molecule has 0 saturated carbocycles. The van der Waals surface area contributed by atoms with Crippen molar-refractivity contribution in [2.24, 2.45) is 5.92 Å². The van der Waals surface area contributed by atoms with Crippen molar-refractivity contribution in [2.45, 2.75) is 65.6 Å². The second kappa shape index (κ2) is 8.25. The molecule has 2 nitrogen and oxygen atoms in total. The van der Waals surface area contributed by atoms with Gasteiger partial charge in [-0.3, -0.25) is 0 Å². The molecular weight excluding hydrogens is 176 g/mol. The lowest BCUT2D eigenvalue weighted by molar-refractivity contribution is -0.0375. The highest BCUT2D eigenvalue weighted by Gasteiger charge is 2.14. The Labute approximate surface area is 88.7 Å². The van der Waals surface area contributed by atoms with Crippen molar-refractivity contribution in [3.63, 3.8) is 0 Å². The summed E-state index contributed by atoms with van der Waals surface area (Å²) in [5.41, 5.74) is 0. The molecule has 0 aliphatic rings. The summed E-state index contributed by atoms with van der Waals surface area (Å²) in [5, 5.41) is 9.48. The minimum absolute atomic E-state index is 0.0358. The Morgan fingerprint density at radius 2 is 1.79 bits per heavy atom. The summed E-state index contributed by atoms with van der Waals surface area (Å²) >= 11 is 0. The van der Waals surface area contributed by atoms with Crippen molar-refractivity contribution in [2.75, 3.05) is 6.61 Å². The number of unbranched alkanes of at least 4 members (excludes halogenated alkanes) is 1. The maximum atomic E-state index is 9.48. The smallest absolute Gasteiger partial charge is 0.0831 e. The molecule has 2 heteroatoms. The van der Waals surface area contributed by atoms with Crippen molar-refractivity contribution in [3.8, 4) is 0 Å². The van der Waals surface area contributed by atoms with Crippen LogP contribution in [0.3, 0.4) is 0 Å². The number of aliphatic hydroxyl groups excluding tert-OH is 1. The van der Waals surface area contributed by atoms with Crippen molar-refractivity contribution in [1.29, 1.82) is 0 Å². The second-order valence-corrected chi connectivity index (χ2v) is 4.47. The van der Waals surface area contributed by atoms with Gasteiger partial charge in [-0.15, -0.1) is 0 Å². The first-order chi connectivity index (χ1) is 6.57. The third kappa shape index (κ3) is 7.34. The summed E-state index contributed by atoms with van der Waals surface area (Å²) in [4.78, 5) is 0. The summed E-state index contributed by atoms with van der Waals surface area (Å²) in [7, 11) is 0. The van der Waals surface area contributed by atoms with E-state index in [1.807, 2.05) is 6.92 Å². The zero-order chi connectivity index (χ0) is 11.0. The van der Waals surface area contributed by atoms with E-state index in [0.717, 1.165) is 32.3 Å². The number of hydrogen-bond donors (Lipinski definition) is 1. The summed E-state index contributed by atoms with van der Waals surface area (Å²) in [6.07, 6.45) is 4.05. The second-order valence-electron chi connectivity index (χ2n) is 4.47. The van der Waals surface area contributed by atoms with Crippen LogP contribution in [-0.4, -0.2) is 23.9 Å². The molecule has 0 radical (unpaired) electrons. The molecule has 0 amide bonds. The zero-order valence-corrected chi connectivity index (χ0v) is 10.1. The largest absolute Gasteiger partial charge is 0.391 e. The zero-order valence-electron chi connectivity index (χ0n) is 10.1. The summed E-state index contributed by atoms with van der Waals surface area (Å²) in [6, 6.07) is 0. The predicted molar refractivity (Wildman–Crippen MR) is 60.4 cm³/mol. The summed E-state index contributed by atoms with van der Waals surface area (Å²) < 4.78 is 5.67. The molecule has 0 aliphatic carbocycles. The quantitative estimate of drug-likeness (QED) is 0.655. The minimum atomic E-state index is -0.339. The first-order valence-corrected chi connectivity index (χ1v) is 5.87. The molecule has 0 aromatic heterocycles. The first kappa shape index (κ1) is 13.9. The van der Waals surface area contributed by atoms with Crippen molar-refractivity contribution < 1.29 is 9.84 Å². The fourth-order valence-corrected chi connectivity index (χ4v) is 1.32. The van der Waals surface area contributed by atoms with Gasteiger partial charge in [0.2, 0.25) is 0 Å². The number of ether oxygens (including phenoxy) is 1. The van der Waals surface area contributed by atoms with E-state index in [2.05, 4.69) is 20.8 Å². The Morgan fingerprint density at radius 3 is 2.21 bits per heavy atom. The molecule has 0 saturated heterocycles. The van der Waals surface area contributed by atoms with Crippen LogP contribution in [0.25, 0.3) is 0 Å². The third-order valence-corrected chi connectivity index (χ3v) is 2.41. The average molecular weight is 202 g/mol. The van der Waals surface area contributed by atoms with Crippen LogP contribution in [0.5, 0.6) is 0 Å². The molecule has 0 aliphatic heterocycles. The minimum Gasteiger partial charge on any atom is -0.391 e. The highest BCUT2D eigenvalue weighted by molar-refractivity contribution is 4.64. The van der Waals surface area contributed by atoms with Gasteiger partial charge in [-0.25, -0.2) is 0 Å². The monoisotopic (exact) mass is 202 g/mol. The summed E-state index contributed by atoms with van der Waals surface area (Å²) in [6.45, 7) is 9.12.